The topological polar surface area (TPSA) is 32.7 Å². The Kier molecular flexibility index (Phi) is 2.85. The second-order valence-electron chi connectivity index (χ2n) is 4.49. The summed E-state index contributed by atoms with van der Waals surface area (Å²) in [7, 11) is 0. The molecule has 0 atom stereocenters. The molecule has 0 aromatic rings. The van der Waals surface area contributed by atoms with E-state index >= 15 is 0 Å². The van der Waals surface area contributed by atoms with Gasteiger partial charge in [-0.15, -0.1) is 0 Å². The third kappa shape index (κ3) is 2.14. The lowest BCUT2D eigenvalue weighted by Gasteiger charge is -2.24. The van der Waals surface area contributed by atoms with E-state index in [-0.39, 0.29) is 5.91 Å². The van der Waals surface area contributed by atoms with Gasteiger partial charge in [-0.25, -0.2) is 5.01 Å². The van der Waals surface area contributed by atoms with Crippen molar-refractivity contribution in [3.05, 3.63) is 0 Å². The largest absolute Gasteiger partial charge is 0.273 e. The van der Waals surface area contributed by atoms with E-state index in [0.717, 1.165) is 12.3 Å². The van der Waals surface area contributed by atoms with Crippen LogP contribution in [0.1, 0.15) is 45.4 Å². The third-order valence-corrected chi connectivity index (χ3v) is 3.14. The first-order valence-corrected chi connectivity index (χ1v) is 5.60. The van der Waals surface area contributed by atoms with Gasteiger partial charge in [0, 0.05) is 12.3 Å². The van der Waals surface area contributed by atoms with Crippen molar-refractivity contribution in [3.63, 3.8) is 0 Å². The van der Waals surface area contributed by atoms with Crippen LogP contribution in [-0.4, -0.2) is 23.2 Å². The first-order chi connectivity index (χ1) is 6.75. The van der Waals surface area contributed by atoms with Gasteiger partial charge in [-0.3, -0.25) is 4.79 Å². The van der Waals surface area contributed by atoms with E-state index in [1.54, 1.807) is 5.01 Å². The Labute approximate surface area is 85.2 Å². The summed E-state index contributed by atoms with van der Waals surface area (Å²) in [5, 5.41) is 5.95. The molecule has 1 aliphatic carbocycles. The van der Waals surface area contributed by atoms with Gasteiger partial charge < -0.3 is 0 Å². The minimum atomic E-state index is 0.188. The van der Waals surface area contributed by atoms with Gasteiger partial charge >= 0.3 is 0 Å². The van der Waals surface area contributed by atoms with Gasteiger partial charge in [-0.05, 0) is 25.7 Å². The molecule has 2 rings (SSSR count). The molecular weight excluding hydrogens is 176 g/mol. The molecule has 0 bridgehead atoms. The van der Waals surface area contributed by atoms with Crippen LogP contribution in [0.15, 0.2) is 5.10 Å². The fourth-order valence-corrected chi connectivity index (χ4v) is 2.36. The number of carbonyl (C=O) groups excluding carboxylic acids is 1. The number of nitrogens with zero attached hydrogens (tertiary/aromatic N) is 2. The first-order valence-electron chi connectivity index (χ1n) is 5.60. The quantitative estimate of drug-likeness (QED) is 0.663. The standard InChI is InChI=1S/C11H18N2O/c1-9-7-11(14)13(12-9)8-10-5-3-2-4-6-10/h10H,2-8H2,1H3. The predicted octanol–water partition coefficient (Wildman–Crippen LogP) is 2.17. The maximum Gasteiger partial charge on any atom is 0.248 e. The molecule has 0 saturated heterocycles. The first kappa shape index (κ1) is 9.69. The number of rotatable bonds is 2. The number of hydrazone groups is 1. The normalized spacial score (nSPS) is 24.2. The van der Waals surface area contributed by atoms with Crippen LogP contribution < -0.4 is 0 Å². The van der Waals surface area contributed by atoms with Gasteiger partial charge in [0.1, 0.15) is 0 Å². The average Bonchev–Trinajstić information content (AvgIpc) is 2.47. The highest BCUT2D eigenvalue weighted by Crippen LogP contribution is 2.25. The zero-order chi connectivity index (χ0) is 9.97. The second-order valence-corrected chi connectivity index (χ2v) is 4.49. The van der Waals surface area contributed by atoms with Crippen molar-refractivity contribution in [1.82, 2.24) is 5.01 Å². The van der Waals surface area contributed by atoms with Gasteiger partial charge in [-0.1, -0.05) is 19.3 Å². The van der Waals surface area contributed by atoms with Crippen molar-refractivity contribution in [2.45, 2.75) is 45.4 Å². The number of hydrogen-bond donors (Lipinski definition) is 0. The third-order valence-electron chi connectivity index (χ3n) is 3.14. The number of amides is 1. The summed E-state index contributed by atoms with van der Waals surface area (Å²) in [5.74, 6) is 0.885. The molecule has 1 amide bonds. The Morgan fingerprint density at radius 2 is 2.07 bits per heavy atom. The van der Waals surface area contributed by atoms with Crippen molar-refractivity contribution in [3.8, 4) is 0 Å². The summed E-state index contributed by atoms with van der Waals surface area (Å²) < 4.78 is 0. The lowest BCUT2D eigenvalue weighted by Crippen LogP contribution is -2.28. The van der Waals surface area contributed by atoms with Crippen molar-refractivity contribution < 1.29 is 4.79 Å². The van der Waals surface area contributed by atoms with Crippen LogP contribution in [0.3, 0.4) is 0 Å². The van der Waals surface area contributed by atoms with E-state index in [4.69, 9.17) is 0 Å². The van der Waals surface area contributed by atoms with Crippen molar-refractivity contribution >= 4 is 11.6 Å². The summed E-state index contributed by atoms with van der Waals surface area (Å²) in [4.78, 5) is 11.5. The molecule has 0 aromatic carbocycles. The monoisotopic (exact) mass is 194 g/mol. The fraction of sp³-hybridized carbons (Fsp3) is 0.818. The Hall–Kier alpha value is -0.860. The molecule has 0 unspecified atom stereocenters. The highest BCUT2D eigenvalue weighted by Gasteiger charge is 2.24. The Bertz CT molecular complexity index is 254. The fourth-order valence-electron chi connectivity index (χ4n) is 2.36. The van der Waals surface area contributed by atoms with Crippen LogP contribution in [0, 0.1) is 5.92 Å². The van der Waals surface area contributed by atoms with Crippen LogP contribution in [0.25, 0.3) is 0 Å². The van der Waals surface area contributed by atoms with Crippen molar-refractivity contribution in [2.24, 2.45) is 11.0 Å². The zero-order valence-electron chi connectivity index (χ0n) is 8.83. The molecule has 0 spiro atoms. The highest BCUT2D eigenvalue weighted by atomic mass is 16.2. The van der Waals surface area contributed by atoms with E-state index in [9.17, 15) is 4.79 Å². The SMILES string of the molecule is CC1=NN(CC2CCCCC2)C(=O)C1. The second kappa shape index (κ2) is 4.11. The smallest absolute Gasteiger partial charge is 0.248 e. The molecule has 0 radical (unpaired) electrons. The van der Waals surface area contributed by atoms with Crippen LogP contribution in [0.4, 0.5) is 0 Å². The molecule has 1 saturated carbocycles. The maximum absolute atomic E-state index is 11.5. The van der Waals surface area contributed by atoms with E-state index in [1.807, 2.05) is 6.92 Å². The minimum absolute atomic E-state index is 0.188. The maximum atomic E-state index is 11.5. The molecule has 14 heavy (non-hydrogen) atoms. The lowest BCUT2D eigenvalue weighted by atomic mass is 9.89. The molecule has 0 N–H and O–H groups in total. The molecule has 1 aliphatic heterocycles. The van der Waals surface area contributed by atoms with E-state index in [1.165, 1.54) is 32.1 Å². The van der Waals surface area contributed by atoms with Crippen LogP contribution in [0.5, 0.6) is 0 Å². The van der Waals surface area contributed by atoms with Crippen LogP contribution >= 0.6 is 0 Å². The molecule has 2 aliphatic rings. The summed E-state index contributed by atoms with van der Waals surface area (Å²) >= 11 is 0. The van der Waals surface area contributed by atoms with E-state index in [0.29, 0.717) is 12.3 Å². The van der Waals surface area contributed by atoms with Crippen molar-refractivity contribution in [1.29, 1.82) is 0 Å². The highest BCUT2D eigenvalue weighted by molar-refractivity contribution is 6.03. The number of hydrogen-bond acceptors (Lipinski definition) is 2. The molecule has 3 nitrogen and oxygen atoms in total. The molecule has 1 heterocycles. The minimum Gasteiger partial charge on any atom is -0.273 e. The van der Waals surface area contributed by atoms with Gasteiger partial charge in [0.15, 0.2) is 0 Å². The summed E-state index contributed by atoms with van der Waals surface area (Å²) in [6.45, 7) is 2.79. The van der Waals surface area contributed by atoms with E-state index in [2.05, 4.69) is 5.10 Å². The van der Waals surface area contributed by atoms with Crippen molar-refractivity contribution in [2.75, 3.05) is 6.54 Å². The Morgan fingerprint density at radius 3 is 2.64 bits per heavy atom. The van der Waals surface area contributed by atoms with Gasteiger partial charge in [-0.2, -0.15) is 5.10 Å². The Morgan fingerprint density at radius 1 is 1.36 bits per heavy atom. The van der Waals surface area contributed by atoms with Gasteiger partial charge in [0.25, 0.3) is 0 Å². The Balaban J connectivity index is 1.87. The molecule has 78 valence electrons. The number of carbonyl (C=O) groups is 1. The van der Waals surface area contributed by atoms with E-state index < -0.39 is 0 Å². The van der Waals surface area contributed by atoms with Crippen LogP contribution in [0.2, 0.25) is 0 Å². The summed E-state index contributed by atoms with van der Waals surface area (Å²) in [6.07, 6.45) is 7.11. The summed E-state index contributed by atoms with van der Waals surface area (Å²) in [6, 6.07) is 0. The molecular formula is C11H18N2O. The zero-order valence-corrected chi connectivity index (χ0v) is 8.83. The lowest BCUT2D eigenvalue weighted by molar-refractivity contribution is -0.129. The molecule has 0 aromatic heterocycles. The van der Waals surface area contributed by atoms with Gasteiger partial charge in [0.2, 0.25) is 5.91 Å². The predicted molar refractivity (Wildman–Crippen MR) is 56.0 cm³/mol. The molecule has 3 heteroatoms. The van der Waals surface area contributed by atoms with Crippen LogP contribution in [-0.2, 0) is 4.79 Å². The summed E-state index contributed by atoms with van der Waals surface area (Å²) in [5.41, 5.74) is 0.964. The average molecular weight is 194 g/mol. The molecule has 1 fully saturated rings. The van der Waals surface area contributed by atoms with Gasteiger partial charge in [0.05, 0.1) is 6.42 Å².